The molecule has 0 unspecified atom stereocenters. The van der Waals surface area contributed by atoms with Gasteiger partial charge < -0.3 is 25.0 Å². The van der Waals surface area contributed by atoms with Crippen LogP contribution < -0.4 is 10.6 Å². The van der Waals surface area contributed by atoms with E-state index in [2.05, 4.69) is 22.6 Å². The lowest BCUT2D eigenvalue weighted by molar-refractivity contribution is -0.138. The fourth-order valence-electron chi connectivity index (χ4n) is 4.28. The third-order valence-electron chi connectivity index (χ3n) is 5.87. The molecule has 8 nitrogen and oxygen atoms in total. The summed E-state index contributed by atoms with van der Waals surface area (Å²) < 4.78 is 25.2. The Hall–Kier alpha value is -3.03. The number of amides is 1. The monoisotopic (exact) mass is 487 g/mol. The molecule has 0 spiro atoms. The lowest BCUT2D eigenvalue weighted by atomic mass is 9.82. The SMILES string of the molecule is C#CCO/C(=C/N=C)N(C)c1ccc(F)c([C@]2(C)C[C@@](C)(C(=O)N3CCOCC3)SC(N)=N2)c1. The van der Waals surface area contributed by atoms with Gasteiger partial charge in [-0.1, -0.05) is 17.7 Å². The first-order valence-electron chi connectivity index (χ1n) is 10.8. The molecular formula is C24H30FN5O3S. The number of thioether (sulfide) groups is 1. The van der Waals surface area contributed by atoms with Crippen LogP contribution in [0.1, 0.15) is 25.8 Å². The van der Waals surface area contributed by atoms with E-state index in [0.717, 1.165) is 0 Å². The Balaban J connectivity index is 1.97. The highest BCUT2D eigenvalue weighted by atomic mass is 32.2. The number of carbonyl (C=O) groups excluding carboxylic acids is 1. The van der Waals surface area contributed by atoms with Gasteiger partial charge in [0, 0.05) is 37.8 Å². The van der Waals surface area contributed by atoms with Crippen molar-refractivity contribution in [2.75, 3.05) is 44.9 Å². The Morgan fingerprint density at radius 2 is 2.21 bits per heavy atom. The average molecular weight is 488 g/mol. The number of hydrogen-bond acceptors (Lipinski definition) is 8. The Bertz CT molecular complexity index is 1050. The van der Waals surface area contributed by atoms with Crippen molar-refractivity contribution in [2.45, 2.75) is 30.6 Å². The maximum Gasteiger partial charge on any atom is 0.239 e. The molecular weight excluding hydrogens is 457 g/mol. The van der Waals surface area contributed by atoms with Gasteiger partial charge in [0.2, 0.25) is 11.8 Å². The number of aliphatic imine (C=N–C) groups is 2. The van der Waals surface area contributed by atoms with Gasteiger partial charge in [-0.05, 0) is 38.8 Å². The third kappa shape index (κ3) is 5.37. The number of halogens is 1. The molecule has 2 heterocycles. The van der Waals surface area contributed by atoms with Crippen LogP contribution in [0.5, 0.6) is 0 Å². The number of nitrogens with zero attached hydrogens (tertiary/aromatic N) is 4. The van der Waals surface area contributed by atoms with Gasteiger partial charge in [0.25, 0.3) is 0 Å². The molecule has 1 fully saturated rings. The van der Waals surface area contributed by atoms with Crippen LogP contribution in [-0.4, -0.2) is 67.4 Å². The van der Waals surface area contributed by atoms with Crippen LogP contribution in [0.15, 0.2) is 40.3 Å². The van der Waals surface area contributed by atoms with Gasteiger partial charge in [-0.25, -0.2) is 4.39 Å². The zero-order chi connectivity index (χ0) is 24.9. The molecule has 10 heteroatoms. The molecule has 182 valence electrons. The summed E-state index contributed by atoms with van der Waals surface area (Å²) in [6, 6.07) is 4.65. The van der Waals surface area contributed by atoms with E-state index in [9.17, 15) is 4.79 Å². The zero-order valence-electron chi connectivity index (χ0n) is 19.7. The Morgan fingerprint density at radius 3 is 2.85 bits per heavy atom. The number of morpholine rings is 1. The molecule has 34 heavy (non-hydrogen) atoms. The van der Waals surface area contributed by atoms with Crippen LogP contribution in [0.25, 0.3) is 0 Å². The summed E-state index contributed by atoms with van der Waals surface area (Å²) in [6.45, 7) is 9.15. The molecule has 3 rings (SSSR count). The fraction of sp³-hybridized carbons (Fsp3) is 0.458. The minimum absolute atomic E-state index is 0.0392. The van der Waals surface area contributed by atoms with E-state index in [1.54, 1.807) is 35.9 Å². The molecule has 2 aliphatic rings. The summed E-state index contributed by atoms with van der Waals surface area (Å²) in [4.78, 5) is 25.3. The maximum absolute atomic E-state index is 15.2. The van der Waals surface area contributed by atoms with Gasteiger partial charge in [0.05, 0.1) is 25.0 Å². The first kappa shape index (κ1) is 25.6. The van der Waals surface area contributed by atoms with Crippen LogP contribution >= 0.6 is 11.8 Å². The van der Waals surface area contributed by atoms with Crippen LogP contribution in [0.4, 0.5) is 10.1 Å². The highest BCUT2D eigenvalue weighted by Gasteiger charge is 2.49. The molecule has 0 saturated carbocycles. The van der Waals surface area contributed by atoms with Crippen molar-refractivity contribution in [1.82, 2.24) is 4.90 Å². The van der Waals surface area contributed by atoms with E-state index < -0.39 is 16.1 Å². The van der Waals surface area contributed by atoms with Gasteiger partial charge in [0.1, 0.15) is 10.6 Å². The second-order valence-corrected chi connectivity index (χ2v) is 10.0. The van der Waals surface area contributed by atoms with Crippen molar-refractivity contribution in [3.63, 3.8) is 0 Å². The molecule has 2 atom stereocenters. The van der Waals surface area contributed by atoms with Crippen molar-refractivity contribution in [3.8, 4) is 12.3 Å². The second-order valence-electron chi connectivity index (χ2n) is 8.50. The van der Waals surface area contributed by atoms with Gasteiger partial charge in [-0.15, -0.1) is 6.42 Å². The van der Waals surface area contributed by atoms with Crippen molar-refractivity contribution < 1.29 is 18.7 Å². The van der Waals surface area contributed by atoms with Crippen molar-refractivity contribution in [1.29, 1.82) is 0 Å². The lowest BCUT2D eigenvalue weighted by Gasteiger charge is -2.43. The van der Waals surface area contributed by atoms with Gasteiger partial charge in [-0.3, -0.25) is 14.8 Å². The standard InChI is InChI=1S/C24H30FN5O3S/c1-6-11-33-20(15-27-4)29(5)17-7-8-19(25)18(14-17)23(2)16-24(3,34-22(26)28-23)21(31)30-9-12-32-13-10-30/h1,7-8,14-15H,4,9-13,16H2,2-3,5H3,(H2,26,28)/b20-15+/t23-,24-/m0/s1. The number of hydrogen-bond donors (Lipinski definition) is 1. The smallest absolute Gasteiger partial charge is 0.239 e. The number of nitrogens with two attached hydrogens (primary N) is 1. The summed E-state index contributed by atoms with van der Waals surface area (Å²) in [7, 11) is 1.74. The van der Waals surface area contributed by atoms with E-state index >= 15 is 4.39 Å². The Labute approximate surface area is 204 Å². The van der Waals surface area contributed by atoms with Crippen LogP contribution in [0.2, 0.25) is 0 Å². The summed E-state index contributed by atoms with van der Waals surface area (Å²) in [6.07, 6.45) is 7.00. The molecule has 0 aliphatic carbocycles. The normalized spacial score (nSPS) is 25.2. The molecule has 2 aliphatic heterocycles. The van der Waals surface area contributed by atoms with Crippen LogP contribution in [0, 0.1) is 18.2 Å². The Kier molecular flexibility index (Phi) is 7.89. The topological polar surface area (TPSA) is 92.8 Å². The third-order valence-corrected chi connectivity index (χ3v) is 6.94. The van der Waals surface area contributed by atoms with E-state index in [0.29, 0.717) is 43.4 Å². The molecule has 2 N–H and O–H groups in total. The highest BCUT2D eigenvalue weighted by Crippen LogP contribution is 2.47. The lowest BCUT2D eigenvalue weighted by Crippen LogP contribution is -2.54. The van der Waals surface area contributed by atoms with Gasteiger partial charge in [-0.2, -0.15) is 0 Å². The van der Waals surface area contributed by atoms with Crippen molar-refractivity contribution in [2.24, 2.45) is 15.7 Å². The molecule has 1 aromatic carbocycles. The number of ether oxygens (including phenoxy) is 2. The molecule has 1 amide bonds. The second kappa shape index (κ2) is 10.5. The summed E-state index contributed by atoms with van der Waals surface area (Å²) in [5, 5.41) is 0.241. The minimum atomic E-state index is -1.06. The largest absolute Gasteiger partial charge is 0.465 e. The minimum Gasteiger partial charge on any atom is -0.465 e. The first-order valence-corrected chi connectivity index (χ1v) is 11.6. The van der Waals surface area contributed by atoms with Crippen LogP contribution in [0.3, 0.4) is 0 Å². The summed E-state index contributed by atoms with van der Waals surface area (Å²) >= 11 is 1.22. The maximum atomic E-state index is 15.2. The number of carbonyl (C=O) groups is 1. The highest BCUT2D eigenvalue weighted by molar-refractivity contribution is 8.15. The predicted molar refractivity (Wildman–Crippen MR) is 134 cm³/mol. The van der Waals surface area contributed by atoms with E-state index in [4.69, 9.17) is 21.6 Å². The van der Waals surface area contributed by atoms with E-state index in [-0.39, 0.29) is 24.1 Å². The molecule has 0 radical (unpaired) electrons. The van der Waals surface area contributed by atoms with Crippen LogP contribution in [-0.2, 0) is 19.8 Å². The summed E-state index contributed by atoms with van der Waals surface area (Å²) in [5.41, 5.74) is 6.08. The number of anilines is 1. The first-order chi connectivity index (χ1) is 16.1. The molecule has 1 aromatic rings. The zero-order valence-corrected chi connectivity index (χ0v) is 20.5. The molecule has 1 saturated heterocycles. The number of terminal acetylenes is 1. The van der Waals surface area contributed by atoms with Crippen molar-refractivity contribution in [3.05, 3.63) is 41.7 Å². The average Bonchev–Trinajstić information content (AvgIpc) is 2.80. The van der Waals surface area contributed by atoms with Gasteiger partial charge in [0.15, 0.2) is 11.8 Å². The summed E-state index contributed by atoms with van der Waals surface area (Å²) in [5.74, 6) is 2.26. The number of benzene rings is 1. The van der Waals surface area contributed by atoms with E-state index in [1.807, 2.05) is 6.92 Å². The molecule has 0 bridgehead atoms. The number of amidine groups is 1. The van der Waals surface area contributed by atoms with E-state index in [1.165, 1.54) is 24.0 Å². The predicted octanol–water partition coefficient (Wildman–Crippen LogP) is 2.70. The quantitative estimate of drug-likeness (QED) is 0.361. The van der Waals surface area contributed by atoms with Gasteiger partial charge >= 0.3 is 0 Å². The molecule has 0 aromatic heterocycles. The van der Waals surface area contributed by atoms with Crippen molar-refractivity contribution >= 4 is 35.2 Å². The number of rotatable bonds is 7. The Morgan fingerprint density at radius 1 is 1.50 bits per heavy atom. The fourth-order valence-corrected chi connectivity index (χ4v) is 5.56.